The van der Waals surface area contributed by atoms with Gasteiger partial charge in [-0.15, -0.1) is 0 Å². The van der Waals surface area contributed by atoms with Crippen LogP contribution >= 0.6 is 0 Å². The van der Waals surface area contributed by atoms with Crippen LogP contribution in [0.3, 0.4) is 0 Å². The van der Waals surface area contributed by atoms with E-state index in [1.54, 1.807) is 6.92 Å². The maximum atomic E-state index is 12.5. The lowest BCUT2D eigenvalue weighted by atomic mass is 10.2. The van der Waals surface area contributed by atoms with Gasteiger partial charge < -0.3 is 19.4 Å². The Bertz CT molecular complexity index is 771. The zero-order valence-electron chi connectivity index (χ0n) is 14.7. The van der Waals surface area contributed by atoms with Crippen LogP contribution in [0.25, 0.3) is 0 Å². The average Bonchev–Trinajstić information content (AvgIpc) is 2.98. The third-order valence-corrected chi connectivity index (χ3v) is 4.04. The first-order valence-corrected chi connectivity index (χ1v) is 7.82. The number of anilines is 1. The molecular formula is C17H22N3O5+. The molecule has 2 atom stereocenters. The fourth-order valence-electron chi connectivity index (χ4n) is 2.37. The number of hydrogen-bond donors (Lipinski definition) is 2. The van der Waals surface area contributed by atoms with E-state index in [2.05, 4.69) is 5.32 Å². The number of furan rings is 1. The van der Waals surface area contributed by atoms with E-state index < -0.39 is 4.92 Å². The normalized spacial score (nSPS) is 13.1. The molecule has 0 fully saturated rings. The minimum Gasteiger partial charge on any atom is -0.494 e. The molecule has 8 heteroatoms. The van der Waals surface area contributed by atoms with E-state index >= 15 is 0 Å². The van der Waals surface area contributed by atoms with Crippen molar-refractivity contribution >= 4 is 17.3 Å². The number of rotatable bonds is 7. The molecule has 2 N–H and O–H groups in total. The molecule has 8 nitrogen and oxygen atoms in total. The highest BCUT2D eigenvalue weighted by molar-refractivity contribution is 5.95. The molecule has 134 valence electrons. The van der Waals surface area contributed by atoms with Crippen molar-refractivity contribution in [1.82, 2.24) is 0 Å². The number of non-ortho nitro benzene ring substituents is 1. The maximum Gasteiger partial charge on any atom is 0.282 e. The summed E-state index contributed by atoms with van der Waals surface area (Å²) < 4.78 is 10.7. The Morgan fingerprint density at radius 3 is 2.68 bits per heavy atom. The predicted octanol–water partition coefficient (Wildman–Crippen LogP) is 1.55. The minimum atomic E-state index is -0.514. The van der Waals surface area contributed by atoms with Crippen LogP contribution in [0.5, 0.6) is 5.75 Å². The number of likely N-dealkylation sites (N-methyl/N-ethyl adjacent to an activating group) is 1. The van der Waals surface area contributed by atoms with E-state index in [4.69, 9.17) is 9.15 Å². The van der Waals surface area contributed by atoms with Gasteiger partial charge in [-0.2, -0.15) is 0 Å². The van der Waals surface area contributed by atoms with Crippen LogP contribution in [0.2, 0.25) is 0 Å². The number of nitro benzene ring substituents is 1. The molecule has 0 aliphatic heterocycles. The van der Waals surface area contributed by atoms with Crippen LogP contribution < -0.4 is 15.0 Å². The fourth-order valence-corrected chi connectivity index (χ4v) is 2.37. The number of methoxy groups -OCH3 is 1. The van der Waals surface area contributed by atoms with Crippen molar-refractivity contribution in [2.24, 2.45) is 0 Å². The van der Waals surface area contributed by atoms with E-state index in [1.807, 2.05) is 26.1 Å². The molecule has 1 amide bonds. The molecule has 2 rings (SSSR count). The van der Waals surface area contributed by atoms with Gasteiger partial charge in [0.25, 0.3) is 11.6 Å². The molecule has 0 aliphatic carbocycles. The lowest BCUT2D eigenvalue weighted by molar-refractivity contribution is -0.908. The zero-order chi connectivity index (χ0) is 18.6. The summed E-state index contributed by atoms with van der Waals surface area (Å²) in [5.74, 6) is 1.67. The molecule has 1 aromatic heterocycles. The summed E-state index contributed by atoms with van der Waals surface area (Å²) in [6.45, 7) is 4.24. The van der Waals surface area contributed by atoms with Crippen molar-refractivity contribution in [3.8, 4) is 5.75 Å². The number of nitro groups is 1. The summed E-state index contributed by atoms with van der Waals surface area (Å²) in [6, 6.07) is 7.49. The second kappa shape index (κ2) is 7.80. The summed E-state index contributed by atoms with van der Waals surface area (Å²) in [4.78, 5) is 23.7. The van der Waals surface area contributed by atoms with Crippen molar-refractivity contribution in [3.63, 3.8) is 0 Å². The standard InChI is InChI=1S/C17H21N3O5/c1-11-5-7-14(25-11)10-19(3)12(2)17(21)18-15-8-6-13(20(22)23)9-16(15)24-4/h5-9,12H,10H2,1-4H3,(H,18,21)/p+1/t12-/m1/s1. The number of carbonyl (C=O) groups excluding carboxylic acids is 1. The number of ether oxygens (including phenoxy) is 1. The first-order valence-electron chi connectivity index (χ1n) is 7.82. The Morgan fingerprint density at radius 1 is 1.40 bits per heavy atom. The van der Waals surface area contributed by atoms with Gasteiger partial charge in [0.15, 0.2) is 11.8 Å². The Hall–Kier alpha value is -2.87. The maximum absolute atomic E-state index is 12.5. The van der Waals surface area contributed by atoms with Crippen molar-refractivity contribution in [1.29, 1.82) is 0 Å². The third-order valence-electron chi connectivity index (χ3n) is 4.04. The number of nitrogens with zero attached hydrogens (tertiary/aromatic N) is 1. The summed E-state index contributed by atoms with van der Waals surface area (Å²) in [6.07, 6.45) is 0. The first-order chi connectivity index (χ1) is 11.8. The molecule has 2 aromatic rings. The monoisotopic (exact) mass is 348 g/mol. The number of quaternary nitrogens is 1. The van der Waals surface area contributed by atoms with Gasteiger partial charge in [-0.3, -0.25) is 14.9 Å². The molecule has 0 radical (unpaired) electrons. The van der Waals surface area contributed by atoms with E-state index in [1.165, 1.54) is 25.3 Å². The lowest BCUT2D eigenvalue weighted by Gasteiger charge is -2.20. The topological polar surface area (TPSA) is 99.0 Å². The fraction of sp³-hybridized carbons (Fsp3) is 0.353. The van der Waals surface area contributed by atoms with Crippen LogP contribution in [0.15, 0.2) is 34.7 Å². The van der Waals surface area contributed by atoms with Gasteiger partial charge in [0.2, 0.25) is 0 Å². The largest absolute Gasteiger partial charge is 0.494 e. The molecule has 0 spiro atoms. The number of carbonyl (C=O) groups is 1. The van der Waals surface area contributed by atoms with E-state index in [-0.39, 0.29) is 23.4 Å². The van der Waals surface area contributed by atoms with Crippen LogP contribution in [-0.4, -0.2) is 31.0 Å². The second-order valence-electron chi connectivity index (χ2n) is 5.89. The van der Waals surface area contributed by atoms with Crippen LogP contribution in [0.1, 0.15) is 18.4 Å². The molecule has 1 aromatic carbocycles. The Morgan fingerprint density at radius 2 is 2.12 bits per heavy atom. The molecule has 0 saturated carbocycles. The Balaban J connectivity index is 2.06. The summed E-state index contributed by atoms with van der Waals surface area (Å²) >= 11 is 0. The van der Waals surface area contributed by atoms with E-state index in [0.717, 1.165) is 16.4 Å². The molecular weight excluding hydrogens is 326 g/mol. The van der Waals surface area contributed by atoms with Gasteiger partial charge in [0.05, 0.1) is 30.8 Å². The molecule has 25 heavy (non-hydrogen) atoms. The zero-order valence-corrected chi connectivity index (χ0v) is 14.7. The lowest BCUT2D eigenvalue weighted by Crippen LogP contribution is -3.12. The summed E-state index contributed by atoms with van der Waals surface area (Å²) in [5, 5.41) is 13.6. The average molecular weight is 348 g/mol. The predicted molar refractivity (Wildman–Crippen MR) is 91.8 cm³/mol. The minimum absolute atomic E-state index is 0.0983. The van der Waals surface area contributed by atoms with E-state index in [0.29, 0.717) is 12.2 Å². The van der Waals surface area contributed by atoms with Gasteiger partial charge in [-0.25, -0.2) is 0 Å². The van der Waals surface area contributed by atoms with Crippen LogP contribution in [0.4, 0.5) is 11.4 Å². The van der Waals surface area contributed by atoms with Crippen LogP contribution in [0, 0.1) is 17.0 Å². The molecule has 1 unspecified atom stereocenters. The molecule has 1 heterocycles. The Kier molecular flexibility index (Phi) is 5.76. The molecule has 0 aliphatic rings. The molecule has 0 saturated heterocycles. The smallest absolute Gasteiger partial charge is 0.282 e. The SMILES string of the molecule is COc1cc([N+](=O)[O-])ccc1NC(=O)[C@@H](C)[NH+](C)Cc1ccc(C)o1. The van der Waals surface area contributed by atoms with Crippen molar-refractivity contribution in [2.75, 3.05) is 19.5 Å². The number of amides is 1. The Labute approximate surface area is 145 Å². The molecule has 0 bridgehead atoms. The number of aryl methyl sites for hydroxylation is 1. The van der Waals surface area contributed by atoms with Gasteiger partial charge >= 0.3 is 0 Å². The summed E-state index contributed by atoms with van der Waals surface area (Å²) in [5.41, 5.74) is 0.297. The highest BCUT2D eigenvalue weighted by atomic mass is 16.6. The number of nitrogens with one attached hydrogen (secondary N) is 2. The number of hydrogen-bond acceptors (Lipinski definition) is 5. The third kappa shape index (κ3) is 4.57. The van der Waals surface area contributed by atoms with Gasteiger partial charge in [0, 0.05) is 6.07 Å². The van der Waals surface area contributed by atoms with Gasteiger partial charge in [-0.05, 0) is 32.0 Å². The summed E-state index contributed by atoms with van der Waals surface area (Å²) in [7, 11) is 3.30. The highest BCUT2D eigenvalue weighted by Gasteiger charge is 2.24. The van der Waals surface area contributed by atoms with E-state index in [9.17, 15) is 14.9 Å². The van der Waals surface area contributed by atoms with Crippen LogP contribution in [-0.2, 0) is 11.3 Å². The van der Waals surface area contributed by atoms with Gasteiger partial charge in [0.1, 0.15) is 18.1 Å². The first kappa shape index (κ1) is 18.5. The highest BCUT2D eigenvalue weighted by Crippen LogP contribution is 2.28. The number of benzene rings is 1. The van der Waals surface area contributed by atoms with Crippen molar-refractivity contribution in [3.05, 3.63) is 52.0 Å². The van der Waals surface area contributed by atoms with Crippen molar-refractivity contribution < 1.29 is 23.8 Å². The van der Waals surface area contributed by atoms with Crippen molar-refractivity contribution in [2.45, 2.75) is 26.4 Å². The van der Waals surface area contributed by atoms with Gasteiger partial charge in [-0.1, -0.05) is 0 Å². The quantitative estimate of drug-likeness (QED) is 0.584. The second-order valence-corrected chi connectivity index (χ2v) is 5.89.